The third kappa shape index (κ3) is 3.81. The number of hydrogen-bond donors (Lipinski definition) is 1. The van der Waals surface area contributed by atoms with Crippen molar-refractivity contribution in [2.45, 2.75) is 33.2 Å². The van der Waals surface area contributed by atoms with Crippen LogP contribution >= 0.6 is 0 Å². The smallest absolute Gasteiger partial charge is 0.223 e. The second-order valence-electron chi connectivity index (χ2n) is 4.71. The molecule has 0 saturated heterocycles. The molecule has 2 aromatic rings. The third-order valence-corrected chi connectivity index (χ3v) is 3.15. The van der Waals surface area contributed by atoms with E-state index in [1.807, 2.05) is 24.3 Å². The van der Waals surface area contributed by atoms with Gasteiger partial charge in [-0.05, 0) is 37.1 Å². The molecule has 106 valence electrons. The molecule has 0 aliphatic rings. The van der Waals surface area contributed by atoms with Crippen molar-refractivity contribution in [3.8, 4) is 11.6 Å². The standard InChI is InChI=1S/C17H22N2O/c1-3-11-18-13-15-9-7-12-19-17(15)20-16-10-6-5-8-14(16)4-2/h5-10,12,18H,3-4,11,13H2,1-2H3. The Morgan fingerprint density at radius 3 is 2.65 bits per heavy atom. The molecule has 0 aliphatic carbocycles. The van der Waals surface area contributed by atoms with Crippen molar-refractivity contribution < 1.29 is 4.74 Å². The lowest BCUT2D eigenvalue weighted by molar-refractivity contribution is 0.448. The maximum absolute atomic E-state index is 6.01. The molecule has 0 atom stereocenters. The zero-order valence-electron chi connectivity index (χ0n) is 12.2. The highest BCUT2D eigenvalue weighted by atomic mass is 16.5. The van der Waals surface area contributed by atoms with Gasteiger partial charge >= 0.3 is 0 Å². The Labute approximate surface area is 121 Å². The van der Waals surface area contributed by atoms with E-state index in [4.69, 9.17) is 4.74 Å². The van der Waals surface area contributed by atoms with Gasteiger partial charge in [-0.15, -0.1) is 0 Å². The van der Waals surface area contributed by atoms with E-state index in [-0.39, 0.29) is 0 Å². The molecule has 3 heteroatoms. The molecule has 0 unspecified atom stereocenters. The van der Waals surface area contributed by atoms with Gasteiger partial charge in [0.1, 0.15) is 5.75 Å². The lowest BCUT2D eigenvalue weighted by Gasteiger charge is -2.12. The summed E-state index contributed by atoms with van der Waals surface area (Å²) < 4.78 is 6.01. The number of rotatable bonds is 7. The molecule has 1 N–H and O–H groups in total. The van der Waals surface area contributed by atoms with Gasteiger partial charge in [-0.25, -0.2) is 4.98 Å². The summed E-state index contributed by atoms with van der Waals surface area (Å²) in [6.45, 7) is 6.07. The van der Waals surface area contributed by atoms with Crippen LogP contribution in [0.3, 0.4) is 0 Å². The van der Waals surface area contributed by atoms with E-state index in [1.165, 1.54) is 5.56 Å². The van der Waals surface area contributed by atoms with E-state index in [9.17, 15) is 0 Å². The number of benzene rings is 1. The summed E-state index contributed by atoms with van der Waals surface area (Å²) in [7, 11) is 0. The van der Waals surface area contributed by atoms with Crippen molar-refractivity contribution in [3.63, 3.8) is 0 Å². The normalized spacial score (nSPS) is 10.5. The average molecular weight is 270 g/mol. The van der Waals surface area contributed by atoms with Crippen LogP contribution in [0, 0.1) is 0 Å². The minimum atomic E-state index is 0.692. The fourth-order valence-corrected chi connectivity index (χ4v) is 2.05. The molecule has 0 spiro atoms. The van der Waals surface area contributed by atoms with Crippen molar-refractivity contribution in [2.24, 2.45) is 0 Å². The van der Waals surface area contributed by atoms with E-state index < -0.39 is 0 Å². The molecule has 20 heavy (non-hydrogen) atoms. The molecule has 0 bridgehead atoms. The van der Waals surface area contributed by atoms with Gasteiger partial charge in [0.25, 0.3) is 0 Å². The molecule has 1 aromatic carbocycles. The third-order valence-electron chi connectivity index (χ3n) is 3.15. The van der Waals surface area contributed by atoms with E-state index in [2.05, 4.69) is 36.3 Å². The maximum atomic E-state index is 6.01. The average Bonchev–Trinajstić information content (AvgIpc) is 2.50. The molecular weight excluding hydrogens is 248 g/mol. The van der Waals surface area contributed by atoms with Crippen LogP contribution in [-0.4, -0.2) is 11.5 Å². The number of aromatic nitrogens is 1. The predicted molar refractivity (Wildman–Crippen MR) is 82.1 cm³/mol. The van der Waals surface area contributed by atoms with E-state index in [0.717, 1.165) is 37.2 Å². The van der Waals surface area contributed by atoms with Crippen molar-refractivity contribution in [1.29, 1.82) is 0 Å². The summed E-state index contributed by atoms with van der Waals surface area (Å²) in [6, 6.07) is 12.1. The molecule has 3 nitrogen and oxygen atoms in total. The second-order valence-corrected chi connectivity index (χ2v) is 4.71. The van der Waals surface area contributed by atoms with Gasteiger partial charge in [-0.1, -0.05) is 38.1 Å². The van der Waals surface area contributed by atoms with E-state index in [0.29, 0.717) is 5.88 Å². The van der Waals surface area contributed by atoms with Gasteiger partial charge in [-0.2, -0.15) is 0 Å². The zero-order chi connectivity index (χ0) is 14.2. The Balaban J connectivity index is 2.16. The van der Waals surface area contributed by atoms with Crippen molar-refractivity contribution in [3.05, 3.63) is 53.7 Å². The van der Waals surface area contributed by atoms with Gasteiger partial charge in [0.05, 0.1) is 0 Å². The van der Waals surface area contributed by atoms with Gasteiger partial charge in [0.15, 0.2) is 0 Å². The summed E-state index contributed by atoms with van der Waals surface area (Å²) in [5.74, 6) is 1.59. The number of nitrogens with one attached hydrogen (secondary N) is 1. The molecule has 1 heterocycles. The minimum Gasteiger partial charge on any atom is -0.438 e. The molecule has 1 aromatic heterocycles. The monoisotopic (exact) mass is 270 g/mol. The van der Waals surface area contributed by atoms with Gasteiger partial charge in [0, 0.05) is 18.3 Å². The first kappa shape index (κ1) is 14.5. The summed E-state index contributed by atoms with van der Waals surface area (Å²) in [4.78, 5) is 4.37. The minimum absolute atomic E-state index is 0.692. The number of pyridine rings is 1. The van der Waals surface area contributed by atoms with Crippen LogP contribution in [0.2, 0.25) is 0 Å². The molecule has 0 saturated carbocycles. The molecular formula is C17H22N2O. The van der Waals surface area contributed by atoms with Crippen molar-refractivity contribution >= 4 is 0 Å². The zero-order valence-corrected chi connectivity index (χ0v) is 12.2. The summed E-state index contributed by atoms with van der Waals surface area (Å²) >= 11 is 0. The molecule has 2 rings (SSSR count). The van der Waals surface area contributed by atoms with E-state index in [1.54, 1.807) is 6.20 Å². The number of para-hydroxylation sites is 1. The van der Waals surface area contributed by atoms with Crippen molar-refractivity contribution in [2.75, 3.05) is 6.54 Å². The Kier molecular flexibility index (Phi) is 5.56. The topological polar surface area (TPSA) is 34.2 Å². The lowest BCUT2D eigenvalue weighted by Crippen LogP contribution is -2.14. The first-order valence-electron chi connectivity index (χ1n) is 7.25. The van der Waals surface area contributed by atoms with Crippen LogP contribution in [0.25, 0.3) is 0 Å². The molecule has 0 amide bonds. The highest BCUT2D eigenvalue weighted by molar-refractivity contribution is 5.38. The highest BCUT2D eigenvalue weighted by Gasteiger charge is 2.08. The fourth-order valence-electron chi connectivity index (χ4n) is 2.05. The first-order valence-corrected chi connectivity index (χ1v) is 7.25. The predicted octanol–water partition coefficient (Wildman–Crippen LogP) is 3.94. The van der Waals surface area contributed by atoms with Crippen LogP contribution in [0.4, 0.5) is 0 Å². The van der Waals surface area contributed by atoms with Gasteiger partial charge in [-0.3, -0.25) is 0 Å². The van der Waals surface area contributed by atoms with Gasteiger partial charge in [0.2, 0.25) is 5.88 Å². The summed E-state index contributed by atoms with van der Waals surface area (Å²) in [6.07, 6.45) is 3.84. The van der Waals surface area contributed by atoms with Crippen LogP contribution in [-0.2, 0) is 13.0 Å². The van der Waals surface area contributed by atoms with E-state index >= 15 is 0 Å². The second kappa shape index (κ2) is 7.65. The highest BCUT2D eigenvalue weighted by Crippen LogP contribution is 2.26. The molecule has 0 radical (unpaired) electrons. The molecule has 0 fully saturated rings. The fraction of sp³-hybridized carbons (Fsp3) is 0.353. The Morgan fingerprint density at radius 1 is 1.05 bits per heavy atom. The number of ether oxygens (including phenoxy) is 1. The Bertz CT molecular complexity index is 540. The Hall–Kier alpha value is -1.87. The molecule has 0 aliphatic heterocycles. The van der Waals surface area contributed by atoms with Gasteiger partial charge < -0.3 is 10.1 Å². The number of hydrogen-bond acceptors (Lipinski definition) is 3. The first-order chi connectivity index (χ1) is 9.85. The maximum Gasteiger partial charge on any atom is 0.223 e. The lowest BCUT2D eigenvalue weighted by atomic mass is 10.1. The van der Waals surface area contributed by atoms with Crippen LogP contribution in [0.1, 0.15) is 31.4 Å². The van der Waals surface area contributed by atoms with Crippen LogP contribution < -0.4 is 10.1 Å². The van der Waals surface area contributed by atoms with Crippen LogP contribution in [0.15, 0.2) is 42.6 Å². The quantitative estimate of drug-likeness (QED) is 0.774. The SMILES string of the molecule is CCCNCc1cccnc1Oc1ccccc1CC. The number of nitrogens with zero attached hydrogens (tertiary/aromatic N) is 1. The summed E-state index contributed by atoms with van der Waals surface area (Å²) in [5, 5.41) is 3.39. The summed E-state index contributed by atoms with van der Waals surface area (Å²) in [5.41, 5.74) is 2.29. The largest absolute Gasteiger partial charge is 0.438 e. The van der Waals surface area contributed by atoms with Crippen LogP contribution in [0.5, 0.6) is 11.6 Å². The number of aryl methyl sites for hydroxylation is 1. The van der Waals surface area contributed by atoms with Crippen molar-refractivity contribution in [1.82, 2.24) is 10.3 Å². The Morgan fingerprint density at radius 2 is 1.85 bits per heavy atom.